The Labute approximate surface area is 179 Å². The summed E-state index contributed by atoms with van der Waals surface area (Å²) in [5.41, 5.74) is 1.94. The van der Waals surface area contributed by atoms with Crippen LogP contribution in [0.15, 0.2) is 42.5 Å². The van der Waals surface area contributed by atoms with Crippen LogP contribution in [0.5, 0.6) is 0 Å². The zero-order chi connectivity index (χ0) is 23.0. The first-order valence-electron chi connectivity index (χ1n) is 9.90. The fourth-order valence-electron chi connectivity index (χ4n) is 4.88. The molecule has 2 aromatic rings. The highest BCUT2D eigenvalue weighted by molar-refractivity contribution is 7.85. The standard InChI is InChI=1S/C21H21F4N.CH4O3S/c1-26-12-18-15-3-2-4-19(21(23,24)25)16(15)9-10-17(18)20(26)11-13-5-7-14(22)8-6-13;1-5(2,3)4/h2-8,17-18,20H,9-12H2,1H3;1H3,(H,2,3,4). The van der Waals surface area contributed by atoms with E-state index in [1.54, 1.807) is 12.1 Å². The zero-order valence-corrected chi connectivity index (χ0v) is 18.0. The zero-order valence-electron chi connectivity index (χ0n) is 17.2. The van der Waals surface area contributed by atoms with Crippen LogP contribution < -0.4 is 0 Å². The van der Waals surface area contributed by atoms with Crippen LogP contribution in [-0.4, -0.2) is 43.8 Å². The molecule has 31 heavy (non-hydrogen) atoms. The Morgan fingerprint density at radius 2 is 1.74 bits per heavy atom. The Kier molecular flexibility index (Phi) is 6.78. The van der Waals surface area contributed by atoms with Gasteiger partial charge in [-0.15, -0.1) is 0 Å². The van der Waals surface area contributed by atoms with Crippen LogP contribution in [0.25, 0.3) is 0 Å². The maximum atomic E-state index is 13.4. The predicted molar refractivity (Wildman–Crippen MR) is 110 cm³/mol. The lowest BCUT2D eigenvalue weighted by molar-refractivity contribution is -0.138. The SMILES string of the molecule is CN1CC2c3cccc(C(F)(F)F)c3CCC2C1Cc1ccc(F)cc1.CS(=O)(=O)O. The molecule has 9 heteroatoms. The highest BCUT2D eigenvalue weighted by atomic mass is 32.2. The number of benzene rings is 2. The number of likely N-dealkylation sites (N-methyl/N-ethyl adjacent to an activating group) is 1. The van der Waals surface area contributed by atoms with Crippen LogP contribution in [-0.2, 0) is 29.1 Å². The van der Waals surface area contributed by atoms with Crippen molar-refractivity contribution in [3.8, 4) is 0 Å². The molecule has 1 heterocycles. The first-order valence-corrected chi connectivity index (χ1v) is 11.8. The molecule has 170 valence electrons. The Hall–Kier alpha value is -1.97. The summed E-state index contributed by atoms with van der Waals surface area (Å²) >= 11 is 0. The third-order valence-corrected chi connectivity index (χ3v) is 6.06. The molecular weight excluding hydrogens is 434 g/mol. The van der Waals surface area contributed by atoms with Gasteiger partial charge in [-0.2, -0.15) is 21.6 Å². The van der Waals surface area contributed by atoms with Crippen LogP contribution >= 0.6 is 0 Å². The number of hydrogen-bond donors (Lipinski definition) is 1. The van der Waals surface area contributed by atoms with Crippen molar-refractivity contribution in [2.45, 2.75) is 37.4 Å². The molecule has 3 unspecified atom stereocenters. The number of rotatable bonds is 2. The number of likely N-dealkylation sites (tertiary alicyclic amines) is 1. The van der Waals surface area contributed by atoms with Crippen LogP contribution in [0.3, 0.4) is 0 Å². The van der Waals surface area contributed by atoms with Gasteiger partial charge in [-0.1, -0.05) is 24.3 Å². The van der Waals surface area contributed by atoms with Crippen LogP contribution in [0, 0.1) is 11.7 Å². The van der Waals surface area contributed by atoms with Crippen molar-refractivity contribution >= 4 is 10.1 Å². The quantitative estimate of drug-likeness (QED) is 0.529. The van der Waals surface area contributed by atoms with Crippen molar-refractivity contribution in [3.05, 3.63) is 70.5 Å². The summed E-state index contributed by atoms with van der Waals surface area (Å²) in [6, 6.07) is 11.4. The number of fused-ring (bicyclic) bond motifs is 3. The van der Waals surface area contributed by atoms with E-state index in [1.165, 1.54) is 24.3 Å². The average molecular weight is 460 g/mol. The highest BCUT2D eigenvalue weighted by Crippen LogP contribution is 2.48. The van der Waals surface area contributed by atoms with Gasteiger partial charge in [-0.25, -0.2) is 4.39 Å². The maximum Gasteiger partial charge on any atom is 0.416 e. The largest absolute Gasteiger partial charge is 0.416 e. The summed E-state index contributed by atoms with van der Waals surface area (Å²) in [5.74, 6) is 0.218. The normalized spacial score (nSPS) is 23.5. The van der Waals surface area contributed by atoms with Gasteiger partial charge in [0.1, 0.15) is 5.82 Å². The molecule has 0 spiro atoms. The summed E-state index contributed by atoms with van der Waals surface area (Å²) < 4.78 is 79.1. The smallest absolute Gasteiger partial charge is 0.302 e. The van der Waals surface area contributed by atoms with Gasteiger partial charge in [0.15, 0.2) is 0 Å². The molecule has 0 amide bonds. The summed E-state index contributed by atoms with van der Waals surface area (Å²) in [6.07, 6.45) is -1.55. The Morgan fingerprint density at radius 1 is 1.13 bits per heavy atom. The molecule has 1 N–H and O–H groups in total. The van der Waals surface area contributed by atoms with Crippen LogP contribution in [0.1, 0.15) is 34.6 Å². The molecular formula is C22H25F4NO3S. The number of alkyl halides is 3. The molecule has 2 aliphatic rings. The lowest BCUT2D eigenvalue weighted by Gasteiger charge is -2.33. The van der Waals surface area contributed by atoms with E-state index in [4.69, 9.17) is 4.55 Å². The summed E-state index contributed by atoms with van der Waals surface area (Å²) in [5, 5.41) is 0. The van der Waals surface area contributed by atoms with E-state index >= 15 is 0 Å². The number of halogens is 4. The van der Waals surface area contributed by atoms with Crippen molar-refractivity contribution in [1.82, 2.24) is 4.90 Å². The highest BCUT2D eigenvalue weighted by Gasteiger charge is 2.45. The van der Waals surface area contributed by atoms with E-state index in [-0.39, 0.29) is 17.8 Å². The first-order chi connectivity index (χ1) is 14.3. The topological polar surface area (TPSA) is 57.6 Å². The predicted octanol–water partition coefficient (Wildman–Crippen LogP) is 4.55. The third kappa shape index (κ3) is 5.84. The number of hydrogen-bond acceptors (Lipinski definition) is 3. The molecule has 1 aliphatic heterocycles. The fraction of sp³-hybridized carbons (Fsp3) is 0.455. The average Bonchev–Trinajstić information content (AvgIpc) is 2.97. The van der Waals surface area contributed by atoms with Gasteiger partial charge in [-0.3, -0.25) is 4.55 Å². The molecule has 4 rings (SSSR count). The number of nitrogens with zero attached hydrogens (tertiary/aromatic N) is 1. The molecule has 2 aromatic carbocycles. The molecule has 1 aliphatic carbocycles. The third-order valence-electron chi connectivity index (χ3n) is 6.06. The first kappa shape index (κ1) is 23.7. The second-order valence-corrected chi connectivity index (χ2v) is 9.72. The minimum atomic E-state index is -4.30. The molecule has 0 aromatic heterocycles. The van der Waals surface area contributed by atoms with Gasteiger partial charge in [0.05, 0.1) is 11.8 Å². The Balaban J connectivity index is 0.000000491. The second kappa shape index (κ2) is 8.88. The molecule has 3 atom stereocenters. The molecule has 1 fully saturated rings. The molecule has 1 saturated heterocycles. The Morgan fingerprint density at radius 3 is 2.32 bits per heavy atom. The fourth-order valence-corrected chi connectivity index (χ4v) is 4.88. The second-order valence-electron chi connectivity index (χ2n) is 8.25. The van der Waals surface area contributed by atoms with Gasteiger partial charge in [-0.05, 0) is 67.1 Å². The minimum absolute atomic E-state index is 0.136. The van der Waals surface area contributed by atoms with Crippen molar-refractivity contribution in [3.63, 3.8) is 0 Å². The maximum absolute atomic E-state index is 13.4. The van der Waals surface area contributed by atoms with Gasteiger partial charge >= 0.3 is 6.18 Å². The van der Waals surface area contributed by atoms with E-state index in [0.29, 0.717) is 24.2 Å². The summed E-state index contributed by atoms with van der Waals surface area (Å²) in [6.45, 7) is 0.769. The Bertz CT molecular complexity index is 1010. The molecule has 4 nitrogen and oxygen atoms in total. The van der Waals surface area contributed by atoms with E-state index in [1.807, 2.05) is 13.1 Å². The lowest BCUT2D eigenvalue weighted by atomic mass is 9.72. The minimum Gasteiger partial charge on any atom is -0.302 e. The van der Waals surface area contributed by atoms with Gasteiger partial charge in [0, 0.05) is 18.5 Å². The van der Waals surface area contributed by atoms with Gasteiger partial charge < -0.3 is 4.90 Å². The van der Waals surface area contributed by atoms with E-state index < -0.39 is 21.9 Å². The van der Waals surface area contributed by atoms with Crippen molar-refractivity contribution in [2.24, 2.45) is 5.92 Å². The van der Waals surface area contributed by atoms with Crippen molar-refractivity contribution in [2.75, 3.05) is 19.8 Å². The van der Waals surface area contributed by atoms with Crippen molar-refractivity contribution < 1.29 is 30.5 Å². The van der Waals surface area contributed by atoms with Crippen molar-refractivity contribution in [1.29, 1.82) is 0 Å². The summed E-state index contributed by atoms with van der Waals surface area (Å²) in [4.78, 5) is 2.26. The van der Waals surface area contributed by atoms with E-state index in [0.717, 1.165) is 30.5 Å². The molecule has 0 saturated carbocycles. The lowest BCUT2D eigenvalue weighted by Crippen LogP contribution is -2.33. The van der Waals surface area contributed by atoms with Crippen LogP contribution in [0.4, 0.5) is 17.6 Å². The van der Waals surface area contributed by atoms with Crippen LogP contribution in [0.2, 0.25) is 0 Å². The summed E-state index contributed by atoms with van der Waals surface area (Å²) in [7, 11) is -1.63. The van der Waals surface area contributed by atoms with E-state index in [2.05, 4.69) is 4.90 Å². The van der Waals surface area contributed by atoms with E-state index in [9.17, 15) is 26.0 Å². The molecule has 0 radical (unpaired) electrons. The molecule has 0 bridgehead atoms. The van der Waals surface area contributed by atoms with Gasteiger partial charge in [0.25, 0.3) is 10.1 Å². The monoisotopic (exact) mass is 459 g/mol. The van der Waals surface area contributed by atoms with Gasteiger partial charge in [0.2, 0.25) is 0 Å².